The number of methoxy groups -OCH3 is 1. The molecule has 5 heteroatoms. The molecule has 0 aliphatic heterocycles. The second-order valence-corrected chi connectivity index (χ2v) is 5.03. The number of aromatic nitrogens is 1. The molecule has 0 spiro atoms. The van der Waals surface area contributed by atoms with Crippen molar-refractivity contribution in [2.45, 2.75) is 13.5 Å². The average molecular weight is 278 g/mol. The highest BCUT2D eigenvalue weighted by Gasteiger charge is 1.98. The van der Waals surface area contributed by atoms with Gasteiger partial charge in [-0.3, -0.25) is 0 Å². The normalized spacial score (nSPS) is 10.4. The van der Waals surface area contributed by atoms with E-state index in [0.717, 1.165) is 35.3 Å². The first-order valence-electron chi connectivity index (χ1n) is 6.16. The average Bonchev–Trinajstić information content (AvgIpc) is 2.85. The number of benzene rings is 1. The molecule has 0 saturated carbocycles. The van der Waals surface area contributed by atoms with E-state index in [1.165, 1.54) is 0 Å². The number of rotatable bonds is 7. The molecule has 0 unspecified atom stereocenters. The van der Waals surface area contributed by atoms with Crippen molar-refractivity contribution in [3.8, 4) is 11.5 Å². The summed E-state index contributed by atoms with van der Waals surface area (Å²) in [5, 5.41) is 6.48. The summed E-state index contributed by atoms with van der Waals surface area (Å²) in [6.45, 7) is 4.23. The van der Waals surface area contributed by atoms with Crippen LogP contribution in [-0.4, -0.2) is 25.2 Å². The van der Waals surface area contributed by atoms with Gasteiger partial charge in [0.1, 0.15) is 23.1 Å². The molecule has 0 bridgehead atoms. The molecule has 1 N–H and O–H groups in total. The van der Waals surface area contributed by atoms with E-state index in [2.05, 4.69) is 15.7 Å². The molecule has 1 aromatic carbocycles. The summed E-state index contributed by atoms with van der Waals surface area (Å²) >= 11 is 1.68. The van der Waals surface area contributed by atoms with Crippen molar-refractivity contribution in [3.05, 3.63) is 40.3 Å². The molecule has 1 heterocycles. The lowest BCUT2D eigenvalue weighted by atomic mass is 10.3. The molecular weight excluding hydrogens is 260 g/mol. The van der Waals surface area contributed by atoms with E-state index >= 15 is 0 Å². The fourth-order valence-electron chi connectivity index (χ4n) is 1.59. The number of hydrogen-bond acceptors (Lipinski definition) is 5. The van der Waals surface area contributed by atoms with Crippen LogP contribution in [0.3, 0.4) is 0 Å². The molecule has 4 nitrogen and oxygen atoms in total. The fraction of sp³-hybridized carbons (Fsp3) is 0.357. The number of nitrogens with one attached hydrogen (secondary N) is 1. The van der Waals surface area contributed by atoms with Gasteiger partial charge in [0.15, 0.2) is 0 Å². The molecule has 2 aromatic rings. The second kappa shape index (κ2) is 7.11. The SMILES string of the molecule is COc1ccc(OCCNCc2nc(C)cs2)cc1. The minimum atomic E-state index is 0.636. The Morgan fingerprint density at radius 1 is 1.21 bits per heavy atom. The van der Waals surface area contributed by atoms with Gasteiger partial charge in [-0.25, -0.2) is 4.98 Å². The van der Waals surface area contributed by atoms with Gasteiger partial charge < -0.3 is 14.8 Å². The highest BCUT2D eigenvalue weighted by atomic mass is 32.1. The van der Waals surface area contributed by atoms with Crippen molar-refractivity contribution in [2.24, 2.45) is 0 Å². The summed E-state index contributed by atoms with van der Waals surface area (Å²) in [7, 11) is 1.65. The molecular formula is C14H18N2O2S. The molecule has 0 aliphatic carbocycles. The van der Waals surface area contributed by atoms with Crippen LogP contribution in [0, 0.1) is 6.92 Å². The predicted molar refractivity (Wildman–Crippen MR) is 77.0 cm³/mol. The molecule has 2 rings (SSSR count). The zero-order valence-electron chi connectivity index (χ0n) is 11.2. The minimum absolute atomic E-state index is 0.636. The molecule has 0 fully saturated rings. The Morgan fingerprint density at radius 3 is 2.58 bits per heavy atom. The number of thiazole rings is 1. The Hall–Kier alpha value is -1.59. The first kappa shape index (κ1) is 13.8. The van der Waals surface area contributed by atoms with Crippen molar-refractivity contribution in [2.75, 3.05) is 20.3 Å². The standard InChI is InChI=1S/C14H18N2O2S/c1-11-10-19-14(16-11)9-15-7-8-18-13-5-3-12(17-2)4-6-13/h3-6,10,15H,7-9H2,1-2H3. The first-order chi connectivity index (χ1) is 9.28. The lowest BCUT2D eigenvalue weighted by Gasteiger charge is -2.07. The van der Waals surface area contributed by atoms with Crippen LogP contribution >= 0.6 is 11.3 Å². The molecule has 19 heavy (non-hydrogen) atoms. The van der Waals surface area contributed by atoms with Crippen LogP contribution in [0.15, 0.2) is 29.6 Å². The zero-order valence-corrected chi connectivity index (χ0v) is 12.0. The Labute approximate surface area is 117 Å². The van der Waals surface area contributed by atoms with Gasteiger partial charge in [0.2, 0.25) is 0 Å². The van der Waals surface area contributed by atoms with Gasteiger partial charge in [-0.05, 0) is 31.2 Å². The van der Waals surface area contributed by atoms with Crippen molar-refractivity contribution in [1.82, 2.24) is 10.3 Å². The lowest BCUT2D eigenvalue weighted by molar-refractivity contribution is 0.313. The summed E-state index contributed by atoms with van der Waals surface area (Å²) in [5.41, 5.74) is 1.08. The maximum absolute atomic E-state index is 5.61. The van der Waals surface area contributed by atoms with E-state index in [-0.39, 0.29) is 0 Å². The third kappa shape index (κ3) is 4.54. The molecule has 102 valence electrons. The zero-order chi connectivity index (χ0) is 13.5. The van der Waals surface area contributed by atoms with Crippen LogP contribution in [0.25, 0.3) is 0 Å². The Kier molecular flexibility index (Phi) is 5.18. The minimum Gasteiger partial charge on any atom is -0.497 e. The third-order valence-electron chi connectivity index (χ3n) is 2.55. The van der Waals surface area contributed by atoms with Gasteiger partial charge in [-0.2, -0.15) is 0 Å². The van der Waals surface area contributed by atoms with E-state index in [0.29, 0.717) is 6.61 Å². The van der Waals surface area contributed by atoms with Crippen molar-refractivity contribution in [1.29, 1.82) is 0 Å². The van der Waals surface area contributed by atoms with Gasteiger partial charge in [0, 0.05) is 24.2 Å². The first-order valence-corrected chi connectivity index (χ1v) is 7.04. The van der Waals surface area contributed by atoms with E-state index in [9.17, 15) is 0 Å². The number of nitrogens with zero attached hydrogens (tertiary/aromatic N) is 1. The molecule has 1 aromatic heterocycles. The molecule has 0 aliphatic rings. The van der Waals surface area contributed by atoms with Gasteiger partial charge in [0.25, 0.3) is 0 Å². The van der Waals surface area contributed by atoms with Crippen LogP contribution in [0.5, 0.6) is 11.5 Å². The molecule has 0 radical (unpaired) electrons. The lowest BCUT2D eigenvalue weighted by Crippen LogP contribution is -2.20. The third-order valence-corrected chi connectivity index (χ3v) is 3.52. The van der Waals surface area contributed by atoms with Crippen molar-refractivity contribution in [3.63, 3.8) is 0 Å². The van der Waals surface area contributed by atoms with Crippen LogP contribution in [0.4, 0.5) is 0 Å². The maximum Gasteiger partial charge on any atom is 0.119 e. The number of aryl methyl sites for hydroxylation is 1. The van der Waals surface area contributed by atoms with Crippen LogP contribution in [0.2, 0.25) is 0 Å². The van der Waals surface area contributed by atoms with Gasteiger partial charge in [0.05, 0.1) is 7.11 Å². The molecule has 0 atom stereocenters. The summed E-state index contributed by atoms with van der Waals surface area (Å²) in [6, 6.07) is 7.59. The van der Waals surface area contributed by atoms with Gasteiger partial charge in [-0.15, -0.1) is 11.3 Å². The second-order valence-electron chi connectivity index (χ2n) is 4.08. The smallest absolute Gasteiger partial charge is 0.119 e. The summed E-state index contributed by atoms with van der Waals surface area (Å²) < 4.78 is 10.7. The van der Waals surface area contributed by atoms with E-state index in [4.69, 9.17) is 9.47 Å². The Bertz CT molecular complexity index is 496. The van der Waals surface area contributed by atoms with Gasteiger partial charge in [-0.1, -0.05) is 0 Å². The highest BCUT2D eigenvalue weighted by molar-refractivity contribution is 7.09. The maximum atomic E-state index is 5.61. The van der Waals surface area contributed by atoms with Crippen LogP contribution < -0.4 is 14.8 Å². The van der Waals surface area contributed by atoms with Crippen LogP contribution in [-0.2, 0) is 6.54 Å². The largest absolute Gasteiger partial charge is 0.497 e. The molecule has 0 amide bonds. The van der Waals surface area contributed by atoms with Crippen molar-refractivity contribution >= 4 is 11.3 Å². The van der Waals surface area contributed by atoms with E-state index < -0.39 is 0 Å². The van der Waals surface area contributed by atoms with Crippen LogP contribution in [0.1, 0.15) is 10.7 Å². The number of ether oxygens (including phenoxy) is 2. The Balaban J connectivity index is 1.63. The van der Waals surface area contributed by atoms with Gasteiger partial charge >= 0.3 is 0 Å². The summed E-state index contributed by atoms with van der Waals surface area (Å²) in [5.74, 6) is 1.69. The summed E-state index contributed by atoms with van der Waals surface area (Å²) in [6.07, 6.45) is 0. The van der Waals surface area contributed by atoms with E-state index in [1.54, 1.807) is 18.4 Å². The van der Waals surface area contributed by atoms with E-state index in [1.807, 2.05) is 31.2 Å². The van der Waals surface area contributed by atoms with Crippen molar-refractivity contribution < 1.29 is 9.47 Å². The monoisotopic (exact) mass is 278 g/mol. The summed E-state index contributed by atoms with van der Waals surface area (Å²) in [4.78, 5) is 4.39. The highest BCUT2D eigenvalue weighted by Crippen LogP contribution is 2.16. The fourth-order valence-corrected chi connectivity index (χ4v) is 2.33. The predicted octanol–water partition coefficient (Wildman–Crippen LogP) is 2.63. The molecule has 0 saturated heterocycles. The quantitative estimate of drug-likeness (QED) is 0.791. The Morgan fingerprint density at radius 2 is 1.95 bits per heavy atom. The topological polar surface area (TPSA) is 43.4 Å². The number of hydrogen-bond donors (Lipinski definition) is 1.